The molecule has 194 valence electrons. The van der Waals surface area contributed by atoms with Gasteiger partial charge < -0.3 is 0 Å². The highest BCUT2D eigenvalue weighted by atomic mass is 14.2. The maximum atomic E-state index is 2.32. The number of hydrogen-bond acceptors (Lipinski definition) is 0. The Morgan fingerprint density at radius 3 is 1.36 bits per heavy atom. The van der Waals surface area contributed by atoms with E-state index in [9.17, 15) is 0 Å². The van der Waals surface area contributed by atoms with Crippen molar-refractivity contribution in [2.24, 2.45) is 0 Å². The van der Waals surface area contributed by atoms with E-state index in [4.69, 9.17) is 0 Å². The number of benzene rings is 9. The molecule has 0 unspecified atom stereocenters. The van der Waals surface area contributed by atoms with Crippen LogP contribution < -0.4 is 0 Å². The Hall–Kier alpha value is -5.46. The van der Waals surface area contributed by atoms with Gasteiger partial charge in [0.15, 0.2) is 0 Å². The first-order valence-electron chi connectivity index (χ1n) is 14.6. The van der Waals surface area contributed by atoms with Gasteiger partial charge in [0, 0.05) is 0 Å². The second-order valence-electron chi connectivity index (χ2n) is 11.3. The Morgan fingerprint density at radius 2 is 0.714 bits per heavy atom. The minimum Gasteiger partial charge on any atom is -0.0622 e. The van der Waals surface area contributed by atoms with Gasteiger partial charge >= 0.3 is 0 Å². The Balaban J connectivity index is 1.29. The van der Waals surface area contributed by atoms with Crippen molar-refractivity contribution in [2.75, 3.05) is 0 Å². The molecule has 0 aliphatic heterocycles. The first-order chi connectivity index (χ1) is 20.8. The molecule has 0 heterocycles. The quantitative estimate of drug-likeness (QED) is 0.199. The van der Waals surface area contributed by atoms with Gasteiger partial charge in [-0.3, -0.25) is 0 Å². The average Bonchev–Trinajstić information content (AvgIpc) is 3.07. The summed E-state index contributed by atoms with van der Waals surface area (Å²) in [4.78, 5) is 0. The van der Waals surface area contributed by atoms with Gasteiger partial charge in [-0.05, 0) is 87.2 Å². The van der Waals surface area contributed by atoms with Gasteiger partial charge in [-0.15, -0.1) is 0 Å². The summed E-state index contributed by atoms with van der Waals surface area (Å²) in [6.07, 6.45) is 0. The third-order valence-corrected chi connectivity index (χ3v) is 9.01. The zero-order chi connectivity index (χ0) is 27.6. The molecular formula is C42H26. The molecule has 0 saturated carbocycles. The van der Waals surface area contributed by atoms with Crippen LogP contribution in [0, 0.1) is 0 Å². The fourth-order valence-corrected chi connectivity index (χ4v) is 7.15. The number of rotatable bonds is 3. The Labute approximate surface area is 244 Å². The molecule has 0 heteroatoms. The Morgan fingerprint density at radius 1 is 0.238 bits per heavy atom. The van der Waals surface area contributed by atoms with Crippen molar-refractivity contribution in [1.82, 2.24) is 0 Å². The van der Waals surface area contributed by atoms with E-state index in [0.717, 1.165) is 0 Å². The molecule has 0 aliphatic rings. The molecule has 0 radical (unpaired) electrons. The van der Waals surface area contributed by atoms with Gasteiger partial charge in [-0.25, -0.2) is 0 Å². The summed E-state index contributed by atoms with van der Waals surface area (Å²) in [5.74, 6) is 0. The molecule has 9 aromatic carbocycles. The second kappa shape index (κ2) is 9.03. The van der Waals surface area contributed by atoms with Crippen LogP contribution in [-0.4, -0.2) is 0 Å². The summed E-state index contributed by atoms with van der Waals surface area (Å²) in [6.45, 7) is 0. The third kappa shape index (κ3) is 3.36. The maximum absolute atomic E-state index is 2.32. The van der Waals surface area contributed by atoms with Crippen molar-refractivity contribution in [3.63, 3.8) is 0 Å². The normalized spacial score (nSPS) is 11.8. The molecule has 0 atom stereocenters. The summed E-state index contributed by atoms with van der Waals surface area (Å²) in [5, 5.41) is 13.1. The van der Waals surface area contributed by atoms with E-state index in [-0.39, 0.29) is 0 Å². The van der Waals surface area contributed by atoms with Gasteiger partial charge in [-0.2, -0.15) is 0 Å². The molecule has 0 amide bonds. The zero-order valence-corrected chi connectivity index (χ0v) is 23.0. The molecule has 0 spiro atoms. The van der Waals surface area contributed by atoms with E-state index >= 15 is 0 Å². The monoisotopic (exact) mass is 530 g/mol. The van der Waals surface area contributed by atoms with E-state index in [0.29, 0.717) is 0 Å². The SMILES string of the molecule is c1ccc(-c2c(-c3ccc(-c4ccc5ccc6cccc7ccc4c5c67)cc3)c3ccccc3c3ccccc23)cc1. The fourth-order valence-electron chi connectivity index (χ4n) is 7.15. The molecule has 0 nitrogen and oxygen atoms in total. The molecule has 9 aromatic rings. The highest BCUT2D eigenvalue weighted by Crippen LogP contribution is 2.45. The molecular weight excluding hydrogens is 504 g/mol. The van der Waals surface area contributed by atoms with Gasteiger partial charge in [0.05, 0.1) is 0 Å². The molecule has 0 bridgehead atoms. The van der Waals surface area contributed by atoms with Crippen LogP contribution in [0.25, 0.3) is 87.2 Å². The summed E-state index contributed by atoms with van der Waals surface area (Å²) >= 11 is 0. The predicted molar refractivity (Wildman–Crippen MR) is 181 cm³/mol. The lowest BCUT2D eigenvalue weighted by molar-refractivity contribution is 1.62. The van der Waals surface area contributed by atoms with Crippen molar-refractivity contribution >= 4 is 53.9 Å². The lowest BCUT2D eigenvalue weighted by atomic mass is 9.84. The molecule has 9 rings (SSSR count). The molecule has 42 heavy (non-hydrogen) atoms. The summed E-state index contributed by atoms with van der Waals surface area (Å²) in [6, 6.07) is 58.0. The van der Waals surface area contributed by atoms with E-state index in [1.54, 1.807) is 0 Å². The molecule has 0 saturated heterocycles. The summed E-state index contributed by atoms with van der Waals surface area (Å²) in [5.41, 5.74) is 7.57. The lowest BCUT2D eigenvalue weighted by Gasteiger charge is -2.19. The van der Waals surface area contributed by atoms with Crippen molar-refractivity contribution < 1.29 is 0 Å². The van der Waals surface area contributed by atoms with E-state index in [1.165, 1.54) is 87.2 Å². The van der Waals surface area contributed by atoms with Crippen LogP contribution in [0.5, 0.6) is 0 Å². The van der Waals surface area contributed by atoms with Crippen LogP contribution in [0.2, 0.25) is 0 Å². The Kier molecular flexibility index (Phi) is 5.00. The van der Waals surface area contributed by atoms with Gasteiger partial charge in [0.25, 0.3) is 0 Å². The first-order valence-corrected chi connectivity index (χ1v) is 14.6. The highest BCUT2D eigenvalue weighted by molar-refractivity contribution is 6.25. The molecule has 0 fully saturated rings. The van der Waals surface area contributed by atoms with Crippen LogP contribution in [0.1, 0.15) is 0 Å². The van der Waals surface area contributed by atoms with Gasteiger partial charge in [-0.1, -0.05) is 158 Å². The van der Waals surface area contributed by atoms with Gasteiger partial charge in [0.1, 0.15) is 0 Å². The second-order valence-corrected chi connectivity index (χ2v) is 11.3. The third-order valence-electron chi connectivity index (χ3n) is 9.01. The van der Waals surface area contributed by atoms with Crippen LogP contribution in [0.15, 0.2) is 158 Å². The molecule has 0 aromatic heterocycles. The maximum Gasteiger partial charge on any atom is -0.00203 e. The van der Waals surface area contributed by atoms with E-state index in [1.807, 2.05) is 0 Å². The predicted octanol–water partition coefficient (Wildman–Crippen LogP) is 11.9. The van der Waals surface area contributed by atoms with Crippen LogP contribution in [0.4, 0.5) is 0 Å². The summed E-state index contributed by atoms with van der Waals surface area (Å²) in [7, 11) is 0. The Bertz CT molecular complexity index is 2410. The van der Waals surface area contributed by atoms with E-state index < -0.39 is 0 Å². The molecule has 0 aliphatic carbocycles. The summed E-state index contributed by atoms with van der Waals surface area (Å²) < 4.78 is 0. The topological polar surface area (TPSA) is 0 Å². The largest absolute Gasteiger partial charge is 0.0622 e. The standard InChI is InChI=1S/C42H26/c1-2-9-28(10-3-1)41-36-15-6-4-13-34(36)35-14-5-7-16-37(35)42(41)31-19-17-27(18-20-31)33-25-23-32-22-21-29-11-8-12-30-24-26-38(33)40(32)39(29)30/h1-26H. The lowest BCUT2D eigenvalue weighted by Crippen LogP contribution is -1.92. The first kappa shape index (κ1) is 23.3. The smallest absolute Gasteiger partial charge is 0.00203 e. The van der Waals surface area contributed by atoms with Crippen LogP contribution >= 0.6 is 0 Å². The van der Waals surface area contributed by atoms with Crippen molar-refractivity contribution in [1.29, 1.82) is 0 Å². The van der Waals surface area contributed by atoms with Crippen LogP contribution in [0.3, 0.4) is 0 Å². The van der Waals surface area contributed by atoms with Gasteiger partial charge in [0.2, 0.25) is 0 Å². The number of hydrogen-bond donors (Lipinski definition) is 0. The fraction of sp³-hybridized carbons (Fsp3) is 0. The minimum atomic E-state index is 1.23. The van der Waals surface area contributed by atoms with Crippen molar-refractivity contribution in [3.8, 4) is 33.4 Å². The average molecular weight is 531 g/mol. The van der Waals surface area contributed by atoms with Crippen molar-refractivity contribution in [2.45, 2.75) is 0 Å². The van der Waals surface area contributed by atoms with E-state index in [2.05, 4.69) is 158 Å². The van der Waals surface area contributed by atoms with Crippen LogP contribution in [-0.2, 0) is 0 Å². The van der Waals surface area contributed by atoms with Crippen molar-refractivity contribution in [3.05, 3.63) is 158 Å². The highest BCUT2D eigenvalue weighted by Gasteiger charge is 2.18. The zero-order valence-electron chi connectivity index (χ0n) is 23.0. The molecule has 0 N–H and O–H groups in total. The minimum absolute atomic E-state index is 1.23. The number of fused-ring (bicyclic) bond motifs is 3.